The summed E-state index contributed by atoms with van der Waals surface area (Å²) in [7, 11) is 2.08. The van der Waals surface area contributed by atoms with E-state index in [1.54, 1.807) is 0 Å². The molecule has 0 radical (unpaired) electrons. The zero-order chi connectivity index (χ0) is 11.3. The summed E-state index contributed by atoms with van der Waals surface area (Å²) in [5.74, 6) is 1.05. The summed E-state index contributed by atoms with van der Waals surface area (Å²) in [5.41, 5.74) is 0. The van der Waals surface area contributed by atoms with Gasteiger partial charge in [-0.3, -0.25) is 0 Å². The molecule has 1 N–H and O–H groups in total. The van der Waals surface area contributed by atoms with E-state index in [4.69, 9.17) is 5.11 Å². The number of aromatic nitrogens is 2. The van der Waals surface area contributed by atoms with E-state index in [0.29, 0.717) is 0 Å². The molecule has 0 spiro atoms. The van der Waals surface area contributed by atoms with Gasteiger partial charge in [-0.25, -0.2) is 4.98 Å². The lowest BCUT2D eigenvalue weighted by atomic mass is 10.3. The summed E-state index contributed by atoms with van der Waals surface area (Å²) in [6, 6.07) is 0. The van der Waals surface area contributed by atoms with Gasteiger partial charge in [-0.1, -0.05) is 0 Å². The van der Waals surface area contributed by atoms with Crippen molar-refractivity contribution in [2.75, 3.05) is 20.1 Å². The Morgan fingerprint density at radius 3 is 2.80 bits per heavy atom. The largest absolute Gasteiger partial charge is 0.393 e. The Balaban J connectivity index is 2.22. The van der Waals surface area contributed by atoms with Crippen molar-refractivity contribution in [3.8, 4) is 0 Å². The second-order valence-electron chi connectivity index (χ2n) is 4.11. The molecule has 86 valence electrons. The zero-order valence-corrected chi connectivity index (χ0v) is 9.85. The van der Waals surface area contributed by atoms with Crippen molar-refractivity contribution >= 4 is 0 Å². The third-order valence-electron chi connectivity index (χ3n) is 2.57. The highest BCUT2D eigenvalue weighted by Gasteiger charge is 2.02. The summed E-state index contributed by atoms with van der Waals surface area (Å²) in [6.45, 7) is 6.72. The minimum absolute atomic E-state index is 0.206. The second kappa shape index (κ2) is 5.88. The lowest BCUT2D eigenvalue weighted by molar-refractivity contribution is 0.163. The van der Waals surface area contributed by atoms with Crippen LogP contribution in [-0.2, 0) is 6.54 Å². The Kier molecular flexibility index (Phi) is 4.78. The van der Waals surface area contributed by atoms with Crippen LogP contribution in [0.3, 0.4) is 0 Å². The lowest BCUT2D eigenvalue weighted by Gasteiger charge is -2.18. The molecule has 0 aliphatic rings. The van der Waals surface area contributed by atoms with E-state index in [1.165, 1.54) is 0 Å². The first-order valence-corrected chi connectivity index (χ1v) is 5.44. The van der Waals surface area contributed by atoms with Crippen molar-refractivity contribution in [1.29, 1.82) is 0 Å². The van der Waals surface area contributed by atoms with Crippen LogP contribution in [-0.4, -0.2) is 45.8 Å². The van der Waals surface area contributed by atoms with Gasteiger partial charge in [0.05, 0.1) is 6.10 Å². The molecule has 15 heavy (non-hydrogen) atoms. The lowest BCUT2D eigenvalue weighted by Crippen LogP contribution is -2.26. The van der Waals surface area contributed by atoms with Gasteiger partial charge in [-0.2, -0.15) is 0 Å². The fourth-order valence-electron chi connectivity index (χ4n) is 1.44. The molecule has 0 bridgehead atoms. The summed E-state index contributed by atoms with van der Waals surface area (Å²) in [6.07, 6.45) is 4.45. The van der Waals surface area contributed by atoms with E-state index in [2.05, 4.69) is 21.5 Å². The van der Waals surface area contributed by atoms with Gasteiger partial charge in [0.15, 0.2) is 0 Å². The fraction of sp³-hybridized carbons (Fsp3) is 0.727. The predicted octanol–water partition coefficient (Wildman–Crippen LogP) is 0.894. The van der Waals surface area contributed by atoms with E-state index in [0.717, 1.165) is 31.9 Å². The fourth-order valence-corrected chi connectivity index (χ4v) is 1.44. The van der Waals surface area contributed by atoms with Crippen LogP contribution in [0.25, 0.3) is 0 Å². The molecule has 0 amide bonds. The molecule has 0 fully saturated rings. The summed E-state index contributed by atoms with van der Waals surface area (Å²) in [4.78, 5) is 6.40. The van der Waals surface area contributed by atoms with Crippen LogP contribution in [0.15, 0.2) is 12.4 Å². The number of aliphatic hydroxyl groups is 1. The molecular formula is C11H21N3O. The third-order valence-corrected chi connectivity index (χ3v) is 2.57. The van der Waals surface area contributed by atoms with Gasteiger partial charge < -0.3 is 14.6 Å². The van der Waals surface area contributed by atoms with Gasteiger partial charge in [0, 0.05) is 32.0 Å². The molecular weight excluding hydrogens is 190 g/mol. The van der Waals surface area contributed by atoms with Crippen LogP contribution in [0.5, 0.6) is 0 Å². The average molecular weight is 211 g/mol. The minimum Gasteiger partial charge on any atom is -0.393 e. The van der Waals surface area contributed by atoms with Crippen LogP contribution in [0.4, 0.5) is 0 Å². The van der Waals surface area contributed by atoms with Crippen molar-refractivity contribution in [2.24, 2.45) is 0 Å². The Labute approximate surface area is 91.5 Å². The highest BCUT2D eigenvalue weighted by molar-refractivity contribution is 4.88. The predicted molar refractivity (Wildman–Crippen MR) is 60.8 cm³/mol. The van der Waals surface area contributed by atoms with E-state index in [1.807, 2.05) is 26.2 Å². The zero-order valence-electron chi connectivity index (χ0n) is 9.85. The maximum Gasteiger partial charge on any atom is 0.105 e. The Bertz CT molecular complexity index is 283. The van der Waals surface area contributed by atoms with Crippen molar-refractivity contribution in [3.05, 3.63) is 18.2 Å². The number of hydrogen-bond acceptors (Lipinski definition) is 3. The molecule has 4 heteroatoms. The standard InChI is InChI=1S/C11H21N3O/c1-10(15)4-6-13(3)8-9-14-7-5-12-11(14)2/h5,7,10,15H,4,6,8-9H2,1-3H3. The summed E-state index contributed by atoms with van der Waals surface area (Å²) >= 11 is 0. The molecule has 0 aliphatic carbocycles. The number of likely N-dealkylation sites (N-methyl/N-ethyl adjacent to an activating group) is 1. The number of rotatable bonds is 6. The van der Waals surface area contributed by atoms with Gasteiger partial charge in [0.25, 0.3) is 0 Å². The van der Waals surface area contributed by atoms with Crippen LogP contribution in [0.2, 0.25) is 0 Å². The van der Waals surface area contributed by atoms with Crippen LogP contribution < -0.4 is 0 Å². The van der Waals surface area contributed by atoms with Gasteiger partial charge >= 0.3 is 0 Å². The van der Waals surface area contributed by atoms with Gasteiger partial charge in [0.1, 0.15) is 5.82 Å². The summed E-state index contributed by atoms with van der Waals surface area (Å²) < 4.78 is 2.14. The molecule has 0 aromatic carbocycles. The Morgan fingerprint density at radius 2 is 2.27 bits per heavy atom. The maximum atomic E-state index is 9.16. The molecule has 1 atom stereocenters. The van der Waals surface area contributed by atoms with Crippen LogP contribution in [0.1, 0.15) is 19.2 Å². The minimum atomic E-state index is -0.206. The van der Waals surface area contributed by atoms with E-state index >= 15 is 0 Å². The molecule has 0 aliphatic heterocycles. The number of imidazole rings is 1. The first kappa shape index (κ1) is 12.2. The van der Waals surface area contributed by atoms with Crippen molar-refractivity contribution < 1.29 is 5.11 Å². The molecule has 1 aromatic heterocycles. The molecule has 1 heterocycles. The number of aliphatic hydroxyl groups excluding tert-OH is 1. The smallest absolute Gasteiger partial charge is 0.105 e. The normalized spacial score (nSPS) is 13.4. The van der Waals surface area contributed by atoms with Crippen molar-refractivity contribution in [2.45, 2.75) is 32.9 Å². The van der Waals surface area contributed by atoms with Gasteiger partial charge in [0.2, 0.25) is 0 Å². The SMILES string of the molecule is Cc1nccn1CCN(C)CCC(C)O. The number of nitrogens with zero attached hydrogens (tertiary/aromatic N) is 3. The highest BCUT2D eigenvalue weighted by Crippen LogP contribution is 1.97. The molecule has 4 nitrogen and oxygen atoms in total. The summed E-state index contributed by atoms with van der Waals surface area (Å²) in [5, 5.41) is 9.16. The third kappa shape index (κ3) is 4.44. The maximum absolute atomic E-state index is 9.16. The average Bonchev–Trinajstić information content (AvgIpc) is 2.58. The van der Waals surface area contributed by atoms with Gasteiger partial charge in [-0.15, -0.1) is 0 Å². The second-order valence-corrected chi connectivity index (χ2v) is 4.11. The van der Waals surface area contributed by atoms with E-state index < -0.39 is 0 Å². The van der Waals surface area contributed by atoms with Crippen molar-refractivity contribution in [1.82, 2.24) is 14.5 Å². The molecule has 1 unspecified atom stereocenters. The topological polar surface area (TPSA) is 41.3 Å². The Hall–Kier alpha value is -0.870. The molecule has 1 aromatic rings. The monoisotopic (exact) mass is 211 g/mol. The quantitative estimate of drug-likeness (QED) is 0.760. The first-order chi connectivity index (χ1) is 7.09. The highest BCUT2D eigenvalue weighted by atomic mass is 16.3. The van der Waals surface area contributed by atoms with Crippen molar-refractivity contribution in [3.63, 3.8) is 0 Å². The first-order valence-electron chi connectivity index (χ1n) is 5.44. The van der Waals surface area contributed by atoms with E-state index in [9.17, 15) is 0 Å². The van der Waals surface area contributed by atoms with E-state index in [-0.39, 0.29) is 6.10 Å². The molecule has 1 rings (SSSR count). The van der Waals surface area contributed by atoms with Crippen LogP contribution in [0, 0.1) is 6.92 Å². The molecule has 0 saturated heterocycles. The number of hydrogen-bond donors (Lipinski definition) is 1. The Morgan fingerprint density at radius 1 is 1.53 bits per heavy atom. The number of aryl methyl sites for hydroxylation is 1. The van der Waals surface area contributed by atoms with Gasteiger partial charge in [-0.05, 0) is 27.3 Å². The van der Waals surface area contributed by atoms with Crippen LogP contribution >= 0.6 is 0 Å². The molecule has 0 saturated carbocycles.